The molecule has 0 spiro atoms. The molecule has 0 atom stereocenters. The maximum absolute atomic E-state index is 12.3. The van der Waals surface area contributed by atoms with Gasteiger partial charge in [-0.15, -0.1) is 0 Å². The van der Waals surface area contributed by atoms with E-state index in [0.29, 0.717) is 27.5 Å². The summed E-state index contributed by atoms with van der Waals surface area (Å²) in [5.74, 6) is -0.515. The van der Waals surface area contributed by atoms with Gasteiger partial charge in [-0.1, -0.05) is 17.7 Å². The maximum Gasteiger partial charge on any atom is 0.420 e. The summed E-state index contributed by atoms with van der Waals surface area (Å²) < 4.78 is 8.12. The van der Waals surface area contributed by atoms with Crippen LogP contribution in [0, 0.1) is 6.92 Å². The minimum Gasteiger partial charge on any atom is -0.408 e. The Morgan fingerprint density at radius 2 is 2.04 bits per heavy atom. The summed E-state index contributed by atoms with van der Waals surface area (Å²) in [4.78, 5) is 28.9. The van der Waals surface area contributed by atoms with Gasteiger partial charge < -0.3 is 4.42 Å². The van der Waals surface area contributed by atoms with Gasteiger partial charge in [0.25, 0.3) is 5.56 Å². The number of hydrogen-bond acceptors (Lipinski definition) is 4. The zero-order chi connectivity index (χ0) is 16.8. The van der Waals surface area contributed by atoms with Gasteiger partial charge in [0.1, 0.15) is 5.65 Å². The lowest BCUT2D eigenvalue weighted by Crippen LogP contribution is -2.20. The Balaban J connectivity index is 1.89. The lowest BCUT2D eigenvalue weighted by molar-refractivity contribution is 0.516. The molecule has 7 heteroatoms. The number of hydrogen-bond donors (Lipinski definition) is 0. The van der Waals surface area contributed by atoms with E-state index in [1.54, 1.807) is 30.5 Å². The molecule has 4 rings (SSSR count). The fraction of sp³-hybridized carbons (Fsp3) is 0.118. The minimum absolute atomic E-state index is 0.146. The molecule has 0 fully saturated rings. The fourth-order valence-electron chi connectivity index (χ4n) is 2.74. The van der Waals surface area contributed by atoms with Gasteiger partial charge in [-0.05, 0) is 30.7 Å². The Morgan fingerprint density at radius 3 is 2.88 bits per heavy atom. The Bertz CT molecular complexity index is 1200. The number of fused-ring (bicyclic) bond motifs is 2. The number of aromatic nitrogens is 3. The van der Waals surface area contributed by atoms with Crippen molar-refractivity contribution in [1.82, 2.24) is 14.0 Å². The van der Waals surface area contributed by atoms with Crippen molar-refractivity contribution in [2.24, 2.45) is 0 Å². The second kappa shape index (κ2) is 5.35. The van der Waals surface area contributed by atoms with Gasteiger partial charge in [0.2, 0.25) is 0 Å². The van der Waals surface area contributed by atoms with Crippen LogP contribution in [0.2, 0.25) is 5.02 Å². The number of pyridine rings is 1. The molecule has 3 aromatic heterocycles. The minimum atomic E-state index is -0.515. The highest BCUT2D eigenvalue weighted by Crippen LogP contribution is 2.19. The summed E-state index contributed by atoms with van der Waals surface area (Å²) in [6.07, 6.45) is 1.67. The quantitative estimate of drug-likeness (QED) is 0.562. The van der Waals surface area contributed by atoms with E-state index in [0.717, 1.165) is 5.56 Å². The van der Waals surface area contributed by atoms with E-state index in [1.165, 1.54) is 15.0 Å². The number of oxazole rings is 1. The van der Waals surface area contributed by atoms with Crippen LogP contribution in [0.15, 0.2) is 56.6 Å². The molecule has 120 valence electrons. The lowest BCUT2D eigenvalue weighted by atomic mass is 10.2. The van der Waals surface area contributed by atoms with Crippen molar-refractivity contribution in [3.63, 3.8) is 0 Å². The first-order valence-electron chi connectivity index (χ1n) is 7.30. The summed E-state index contributed by atoms with van der Waals surface area (Å²) in [5.41, 5.74) is 2.77. The first-order valence-corrected chi connectivity index (χ1v) is 7.67. The van der Waals surface area contributed by atoms with Crippen molar-refractivity contribution in [3.8, 4) is 0 Å². The standard InChI is InChI=1S/C17H12ClN3O3/c1-10-3-2-6-20-15(22)8-12(19-16(10)20)9-21-13-5-4-11(18)7-14(13)24-17(21)23/h2-8H,9H2,1H3. The van der Waals surface area contributed by atoms with Gasteiger partial charge in [0.05, 0.1) is 17.8 Å². The van der Waals surface area contributed by atoms with Gasteiger partial charge in [0.15, 0.2) is 5.58 Å². The smallest absolute Gasteiger partial charge is 0.408 e. The highest BCUT2D eigenvalue weighted by Gasteiger charge is 2.12. The summed E-state index contributed by atoms with van der Waals surface area (Å²) in [6.45, 7) is 2.03. The van der Waals surface area contributed by atoms with Crippen LogP contribution < -0.4 is 11.3 Å². The van der Waals surface area contributed by atoms with Crippen LogP contribution in [0.1, 0.15) is 11.3 Å². The lowest BCUT2D eigenvalue weighted by Gasteiger charge is -2.06. The first-order chi connectivity index (χ1) is 11.5. The van der Waals surface area contributed by atoms with Crippen molar-refractivity contribution in [3.05, 3.63) is 79.8 Å². The zero-order valence-electron chi connectivity index (χ0n) is 12.7. The van der Waals surface area contributed by atoms with Crippen molar-refractivity contribution in [1.29, 1.82) is 0 Å². The normalized spacial score (nSPS) is 11.4. The molecule has 0 aliphatic rings. The van der Waals surface area contributed by atoms with E-state index in [2.05, 4.69) is 4.98 Å². The molecular weight excluding hydrogens is 330 g/mol. The van der Waals surface area contributed by atoms with Crippen molar-refractivity contribution in [2.75, 3.05) is 0 Å². The number of nitrogens with zero attached hydrogens (tertiary/aromatic N) is 3. The molecule has 0 unspecified atom stereocenters. The molecule has 4 aromatic rings. The molecule has 0 saturated carbocycles. The number of rotatable bonds is 2. The largest absolute Gasteiger partial charge is 0.420 e. The van der Waals surface area contributed by atoms with Crippen LogP contribution in [-0.2, 0) is 6.54 Å². The van der Waals surface area contributed by atoms with Crippen LogP contribution in [0.25, 0.3) is 16.7 Å². The van der Waals surface area contributed by atoms with Crippen LogP contribution in [-0.4, -0.2) is 14.0 Å². The third-order valence-electron chi connectivity index (χ3n) is 3.89. The van der Waals surface area contributed by atoms with Crippen molar-refractivity contribution < 1.29 is 4.42 Å². The predicted octanol–water partition coefficient (Wildman–Crippen LogP) is 2.61. The first kappa shape index (κ1) is 14.7. The highest BCUT2D eigenvalue weighted by atomic mass is 35.5. The predicted molar refractivity (Wildman–Crippen MR) is 90.8 cm³/mol. The van der Waals surface area contributed by atoms with Crippen LogP contribution in [0.4, 0.5) is 0 Å². The average Bonchev–Trinajstić information content (AvgIpc) is 2.83. The summed E-state index contributed by atoms with van der Waals surface area (Å²) >= 11 is 5.92. The number of halogens is 1. The summed E-state index contributed by atoms with van der Waals surface area (Å²) in [7, 11) is 0. The molecule has 0 aliphatic heterocycles. The molecule has 0 aliphatic carbocycles. The maximum atomic E-state index is 12.3. The Labute approximate surface area is 140 Å². The summed E-state index contributed by atoms with van der Waals surface area (Å²) in [5, 5.41) is 0.487. The second-order valence-electron chi connectivity index (χ2n) is 5.54. The molecule has 1 aromatic carbocycles. The van der Waals surface area contributed by atoms with Gasteiger partial charge in [0, 0.05) is 23.4 Å². The van der Waals surface area contributed by atoms with E-state index in [9.17, 15) is 9.59 Å². The van der Waals surface area contributed by atoms with E-state index in [-0.39, 0.29) is 12.1 Å². The third kappa shape index (κ3) is 2.32. The molecule has 24 heavy (non-hydrogen) atoms. The van der Waals surface area contributed by atoms with Crippen molar-refractivity contribution >= 4 is 28.3 Å². The summed E-state index contributed by atoms with van der Waals surface area (Å²) in [6, 6.07) is 10.1. The van der Waals surface area contributed by atoms with E-state index in [4.69, 9.17) is 16.0 Å². The Kier molecular flexibility index (Phi) is 3.28. The average molecular weight is 342 g/mol. The van der Waals surface area contributed by atoms with Gasteiger partial charge >= 0.3 is 5.76 Å². The van der Waals surface area contributed by atoms with E-state index < -0.39 is 5.76 Å². The Morgan fingerprint density at radius 1 is 1.21 bits per heavy atom. The Hall–Kier alpha value is -2.86. The molecule has 0 amide bonds. The van der Waals surface area contributed by atoms with Gasteiger partial charge in [-0.25, -0.2) is 9.78 Å². The van der Waals surface area contributed by atoms with Gasteiger partial charge in [-0.3, -0.25) is 13.8 Å². The topological polar surface area (TPSA) is 69.5 Å². The second-order valence-corrected chi connectivity index (χ2v) is 5.97. The highest BCUT2D eigenvalue weighted by molar-refractivity contribution is 6.31. The SMILES string of the molecule is Cc1cccn2c(=O)cc(Cn3c(=O)oc4cc(Cl)ccc43)nc12. The fourth-order valence-corrected chi connectivity index (χ4v) is 2.90. The molecule has 0 bridgehead atoms. The number of benzene rings is 1. The molecule has 0 radical (unpaired) electrons. The third-order valence-corrected chi connectivity index (χ3v) is 4.12. The monoisotopic (exact) mass is 341 g/mol. The molecular formula is C17H12ClN3O3. The van der Waals surface area contributed by atoms with Crippen molar-refractivity contribution in [2.45, 2.75) is 13.5 Å². The van der Waals surface area contributed by atoms with Crippen LogP contribution >= 0.6 is 11.6 Å². The molecule has 0 N–H and O–H groups in total. The molecule has 6 nitrogen and oxygen atoms in total. The van der Waals surface area contributed by atoms with E-state index >= 15 is 0 Å². The number of aryl methyl sites for hydroxylation is 1. The zero-order valence-corrected chi connectivity index (χ0v) is 13.4. The molecule has 0 saturated heterocycles. The molecule has 3 heterocycles. The van der Waals surface area contributed by atoms with Crippen LogP contribution in [0.3, 0.4) is 0 Å². The van der Waals surface area contributed by atoms with Crippen LogP contribution in [0.5, 0.6) is 0 Å². The van der Waals surface area contributed by atoms with Gasteiger partial charge in [-0.2, -0.15) is 0 Å². The van der Waals surface area contributed by atoms with E-state index in [1.807, 2.05) is 13.0 Å².